The van der Waals surface area contributed by atoms with Crippen molar-refractivity contribution in [3.63, 3.8) is 0 Å². The Morgan fingerprint density at radius 2 is 1.31 bits per heavy atom. The van der Waals surface area contributed by atoms with Crippen molar-refractivity contribution < 1.29 is 39.3 Å². The minimum absolute atomic E-state index is 0.0448. The lowest BCUT2D eigenvalue weighted by atomic mass is 9.75. The monoisotopic (exact) mass is 514 g/mol. The highest BCUT2D eigenvalue weighted by Gasteiger charge is 2.49. The van der Waals surface area contributed by atoms with Crippen LogP contribution >= 0.6 is 0 Å². The maximum atomic E-state index is 12.8. The molecule has 0 aliphatic heterocycles. The van der Waals surface area contributed by atoms with Gasteiger partial charge in [0.2, 0.25) is 18.0 Å². The van der Waals surface area contributed by atoms with Crippen molar-refractivity contribution in [2.24, 2.45) is 23.7 Å². The molecule has 3 aliphatic carbocycles. The largest absolute Gasteiger partial charge is 0.481 e. The maximum absolute atomic E-state index is 12.8. The van der Waals surface area contributed by atoms with Gasteiger partial charge in [-0.25, -0.2) is 0 Å². The van der Waals surface area contributed by atoms with Gasteiger partial charge in [0.1, 0.15) is 11.8 Å². The lowest BCUT2D eigenvalue weighted by Crippen LogP contribution is -2.51. The summed E-state index contributed by atoms with van der Waals surface area (Å²) in [5.74, 6) is -6.81. The van der Waals surface area contributed by atoms with Gasteiger partial charge in [-0.15, -0.1) is 0 Å². The zero-order valence-electron chi connectivity index (χ0n) is 20.0. The van der Waals surface area contributed by atoms with Gasteiger partial charge in [0, 0.05) is 40.7 Å². The summed E-state index contributed by atoms with van der Waals surface area (Å²) < 4.78 is 0. The molecule has 36 heavy (non-hydrogen) atoms. The van der Waals surface area contributed by atoms with Crippen LogP contribution in [0.2, 0.25) is 0 Å². The minimum atomic E-state index is -1.34. The normalized spacial score (nSPS) is 34.9. The topological polar surface area (TPSA) is 211 Å². The van der Waals surface area contributed by atoms with Gasteiger partial charge in [-0.3, -0.25) is 34.6 Å². The summed E-state index contributed by atoms with van der Waals surface area (Å²) in [6, 6.07) is -2.61. The molecule has 0 heterocycles. The van der Waals surface area contributed by atoms with Crippen molar-refractivity contribution in [2.75, 3.05) is 6.61 Å². The molecule has 0 saturated heterocycles. The van der Waals surface area contributed by atoms with Gasteiger partial charge in [-0.2, -0.15) is 5.48 Å². The first-order valence-electron chi connectivity index (χ1n) is 12.5. The first-order valence-corrected chi connectivity index (χ1v) is 12.5. The van der Waals surface area contributed by atoms with E-state index in [-0.39, 0.29) is 31.5 Å². The molecule has 4 N–H and O–H groups in total. The van der Waals surface area contributed by atoms with Crippen LogP contribution in [-0.2, 0) is 19.2 Å². The highest BCUT2D eigenvalue weighted by atomic mass is 16.6. The zero-order valence-corrected chi connectivity index (χ0v) is 20.0. The number of hydroxylamine groups is 1. The van der Waals surface area contributed by atoms with Crippen LogP contribution in [0.4, 0.5) is 0 Å². The molecule has 0 radical (unpaired) electrons. The predicted molar refractivity (Wildman–Crippen MR) is 122 cm³/mol. The van der Waals surface area contributed by atoms with E-state index < -0.39 is 63.4 Å². The molecule has 14 nitrogen and oxygen atoms in total. The van der Waals surface area contributed by atoms with Crippen LogP contribution in [0.15, 0.2) is 0 Å². The number of rotatable bonds is 10. The van der Waals surface area contributed by atoms with Gasteiger partial charge in [0.05, 0.1) is 12.5 Å². The highest BCUT2D eigenvalue weighted by Crippen LogP contribution is 2.34. The molecule has 0 aromatic heterocycles. The van der Waals surface area contributed by atoms with Crippen LogP contribution in [0, 0.1) is 43.9 Å². The minimum Gasteiger partial charge on any atom is -0.481 e. The van der Waals surface area contributed by atoms with Gasteiger partial charge < -0.3 is 20.4 Å². The summed E-state index contributed by atoms with van der Waals surface area (Å²) in [5.41, 5.74) is 2.92. The number of carboxylic acids is 2. The Hall–Kier alpha value is -2.87. The Balaban J connectivity index is 1.44. The molecule has 6 unspecified atom stereocenters. The third-order valence-electron chi connectivity index (χ3n) is 7.93. The third-order valence-corrected chi connectivity index (χ3v) is 7.93. The number of nitro groups is 2. The molecule has 0 spiro atoms. The number of nitrogens with zero attached hydrogens (tertiary/aromatic N) is 2. The highest BCUT2D eigenvalue weighted by molar-refractivity contribution is 5.85. The van der Waals surface area contributed by atoms with Gasteiger partial charge in [0.25, 0.3) is 0 Å². The van der Waals surface area contributed by atoms with Crippen molar-refractivity contribution in [3.8, 4) is 0 Å². The number of hydrogen-bond acceptors (Lipinski definition) is 9. The molecule has 3 fully saturated rings. The van der Waals surface area contributed by atoms with E-state index >= 15 is 0 Å². The third kappa shape index (κ3) is 6.66. The Morgan fingerprint density at radius 3 is 1.86 bits per heavy atom. The van der Waals surface area contributed by atoms with E-state index in [1.807, 2.05) is 0 Å². The first kappa shape index (κ1) is 27.7. The fourth-order valence-electron chi connectivity index (χ4n) is 6.03. The van der Waals surface area contributed by atoms with Crippen molar-refractivity contribution in [1.82, 2.24) is 10.8 Å². The predicted octanol–water partition coefficient (Wildman–Crippen LogP) is 1.23. The van der Waals surface area contributed by atoms with Crippen LogP contribution in [-0.4, -0.2) is 68.7 Å². The van der Waals surface area contributed by atoms with Gasteiger partial charge >= 0.3 is 11.9 Å². The lowest BCUT2D eigenvalue weighted by molar-refractivity contribution is -0.535. The fourth-order valence-corrected chi connectivity index (χ4v) is 6.03. The van der Waals surface area contributed by atoms with E-state index in [0.717, 1.165) is 0 Å². The summed E-state index contributed by atoms with van der Waals surface area (Å²) in [4.78, 5) is 63.0. The average Bonchev–Trinajstić information content (AvgIpc) is 2.84. The molecule has 202 valence electrons. The second kappa shape index (κ2) is 12.4. The van der Waals surface area contributed by atoms with Crippen molar-refractivity contribution in [1.29, 1.82) is 0 Å². The molecule has 6 atom stereocenters. The summed E-state index contributed by atoms with van der Waals surface area (Å²) in [6.07, 6.45) is 4.69. The van der Waals surface area contributed by atoms with E-state index in [0.29, 0.717) is 51.4 Å². The summed E-state index contributed by atoms with van der Waals surface area (Å²) in [5, 5.41) is 44.4. The SMILES string of the molecule is O=C(NC1CCC(NOCC2CCCC([N+](=O)[O-])C2C(=O)O)CC1)C1CCCC([N+](=O)[O-])C1C(=O)O. The van der Waals surface area contributed by atoms with Crippen LogP contribution in [0.3, 0.4) is 0 Å². The number of hydrogen-bond donors (Lipinski definition) is 4. The van der Waals surface area contributed by atoms with Crippen LogP contribution in [0.25, 0.3) is 0 Å². The maximum Gasteiger partial charge on any atom is 0.314 e. The smallest absolute Gasteiger partial charge is 0.314 e. The van der Waals surface area contributed by atoms with Gasteiger partial charge in [-0.05, 0) is 51.4 Å². The number of amides is 1. The molecule has 3 aliphatic rings. The summed E-state index contributed by atoms with van der Waals surface area (Å²) >= 11 is 0. The number of carbonyl (C=O) groups excluding carboxylic acids is 1. The summed E-state index contributed by atoms with van der Waals surface area (Å²) in [6.45, 7) is 0.0494. The second-order valence-corrected chi connectivity index (χ2v) is 10.1. The number of aliphatic carboxylic acids is 2. The standard InChI is InChI=1S/C22H34N4O10/c27-20(15-4-2-6-17(26(34)35)19(15)22(30)31)23-13-7-9-14(10-8-13)24-36-11-12-3-1-5-16(25(32)33)18(12)21(28)29/h12-19,24H,1-11H2,(H,23,27)(H,28,29)(H,30,31). The molecule has 0 bridgehead atoms. The van der Waals surface area contributed by atoms with E-state index in [4.69, 9.17) is 4.84 Å². The van der Waals surface area contributed by atoms with Crippen molar-refractivity contribution in [2.45, 2.75) is 88.4 Å². The second-order valence-electron chi connectivity index (χ2n) is 10.1. The lowest BCUT2D eigenvalue weighted by Gasteiger charge is -2.34. The molecule has 1 amide bonds. The van der Waals surface area contributed by atoms with Crippen molar-refractivity contribution in [3.05, 3.63) is 20.2 Å². The van der Waals surface area contributed by atoms with Crippen LogP contribution in [0.5, 0.6) is 0 Å². The molecular formula is C22H34N4O10. The number of carboxylic acid groups (broad SMARTS) is 2. The van der Waals surface area contributed by atoms with Crippen LogP contribution in [0.1, 0.15) is 64.2 Å². The molecule has 3 rings (SSSR count). The van der Waals surface area contributed by atoms with E-state index in [1.54, 1.807) is 0 Å². The van der Waals surface area contributed by atoms with Crippen LogP contribution < -0.4 is 10.8 Å². The Morgan fingerprint density at radius 1 is 0.778 bits per heavy atom. The quantitative estimate of drug-likeness (QED) is 0.240. The zero-order chi connectivity index (χ0) is 26.4. The van der Waals surface area contributed by atoms with Gasteiger partial charge in [0.15, 0.2) is 0 Å². The molecule has 3 saturated carbocycles. The molecule has 14 heteroatoms. The first-order chi connectivity index (χ1) is 17.1. The van der Waals surface area contributed by atoms with Crippen molar-refractivity contribution >= 4 is 17.8 Å². The number of carbonyl (C=O) groups is 3. The number of nitrogens with one attached hydrogen (secondary N) is 2. The average molecular weight is 515 g/mol. The Bertz CT molecular complexity index is 847. The molecule has 0 aromatic carbocycles. The van der Waals surface area contributed by atoms with Gasteiger partial charge in [-0.1, -0.05) is 0 Å². The summed E-state index contributed by atoms with van der Waals surface area (Å²) in [7, 11) is 0. The van der Waals surface area contributed by atoms with E-state index in [9.17, 15) is 44.8 Å². The fraction of sp³-hybridized carbons (Fsp3) is 0.864. The molecular weight excluding hydrogens is 480 g/mol. The van der Waals surface area contributed by atoms with E-state index in [2.05, 4.69) is 10.8 Å². The Labute approximate surface area is 207 Å². The molecule has 0 aromatic rings. The Kier molecular flexibility index (Phi) is 9.54. The van der Waals surface area contributed by atoms with E-state index in [1.165, 1.54) is 0 Å².